The summed E-state index contributed by atoms with van der Waals surface area (Å²) in [5, 5.41) is 10.2. The number of aromatic nitrogens is 2. The lowest BCUT2D eigenvalue weighted by Gasteiger charge is -2.13. The van der Waals surface area contributed by atoms with E-state index in [2.05, 4.69) is 43.1 Å². The number of nitriles is 1. The number of nitrogens with zero attached hydrogens (tertiary/aromatic N) is 3. The van der Waals surface area contributed by atoms with Gasteiger partial charge in [-0.2, -0.15) is 5.26 Å². The van der Waals surface area contributed by atoms with Crippen LogP contribution in [-0.4, -0.2) is 9.55 Å². The first-order valence-electron chi connectivity index (χ1n) is 9.04. The molecule has 0 spiro atoms. The lowest BCUT2D eigenvalue weighted by molar-refractivity contribution is 0.678. The van der Waals surface area contributed by atoms with Crippen LogP contribution in [0.15, 0.2) is 42.5 Å². The van der Waals surface area contributed by atoms with Gasteiger partial charge in [-0.3, -0.25) is 0 Å². The van der Waals surface area contributed by atoms with Gasteiger partial charge in [0.25, 0.3) is 0 Å². The van der Waals surface area contributed by atoms with Crippen LogP contribution in [0.5, 0.6) is 0 Å². The Kier molecular flexibility index (Phi) is 6.21. The first kappa shape index (κ1) is 19.5. The molecule has 0 unspecified atom stereocenters. The van der Waals surface area contributed by atoms with Gasteiger partial charge in [-0.25, -0.2) is 4.98 Å². The van der Waals surface area contributed by atoms with Crippen LogP contribution in [0.3, 0.4) is 0 Å². The fraction of sp³-hybridized carbons (Fsp3) is 0.273. The number of hydrogen-bond acceptors (Lipinski definition) is 2. The van der Waals surface area contributed by atoms with Crippen molar-refractivity contribution in [1.29, 1.82) is 5.26 Å². The van der Waals surface area contributed by atoms with Gasteiger partial charge in [-0.15, -0.1) is 0 Å². The molecule has 0 radical (unpaired) electrons. The van der Waals surface area contributed by atoms with Crippen LogP contribution < -0.4 is 0 Å². The second-order valence-electron chi connectivity index (χ2n) is 6.61. The summed E-state index contributed by atoms with van der Waals surface area (Å²) in [5.41, 5.74) is 4.94. The van der Waals surface area contributed by atoms with E-state index >= 15 is 0 Å². The summed E-state index contributed by atoms with van der Waals surface area (Å²) < 4.78 is 1.98. The zero-order valence-electron chi connectivity index (χ0n) is 15.5. The summed E-state index contributed by atoms with van der Waals surface area (Å²) in [7, 11) is 0. The highest BCUT2D eigenvalue weighted by molar-refractivity contribution is 6.40. The average molecular weight is 398 g/mol. The van der Waals surface area contributed by atoms with Crippen molar-refractivity contribution in [2.75, 3.05) is 0 Å². The minimum atomic E-state index is 0.360. The van der Waals surface area contributed by atoms with Crippen molar-refractivity contribution in [3.8, 4) is 17.2 Å². The molecule has 1 aromatic heterocycles. The van der Waals surface area contributed by atoms with E-state index < -0.39 is 0 Å². The van der Waals surface area contributed by atoms with E-state index in [4.69, 9.17) is 23.2 Å². The maximum atomic E-state index is 9.37. The molecule has 0 amide bonds. The lowest BCUT2D eigenvalue weighted by Crippen LogP contribution is -2.06. The van der Waals surface area contributed by atoms with Gasteiger partial charge in [0, 0.05) is 6.42 Å². The largest absolute Gasteiger partial charge is 0.313 e. The van der Waals surface area contributed by atoms with E-state index in [1.54, 1.807) is 0 Å². The molecule has 5 heteroatoms. The van der Waals surface area contributed by atoms with Gasteiger partial charge in [0.2, 0.25) is 0 Å². The number of unbranched alkanes of at least 4 members (excludes halogenated alkanes) is 1. The van der Waals surface area contributed by atoms with E-state index in [1.807, 2.05) is 28.8 Å². The van der Waals surface area contributed by atoms with Gasteiger partial charge in [0.05, 0.1) is 18.2 Å². The smallest absolute Gasteiger partial charge is 0.166 e. The monoisotopic (exact) mass is 397 g/mol. The number of benzene rings is 2. The fourth-order valence-corrected chi connectivity index (χ4v) is 3.65. The fourth-order valence-electron chi connectivity index (χ4n) is 3.26. The number of rotatable bonds is 6. The lowest BCUT2D eigenvalue weighted by atomic mass is 9.95. The quantitative estimate of drug-likeness (QED) is 0.480. The maximum Gasteiger partial charge on any atom is 0.166 e. The van der Waals surface area contributed by atoms with Gasteiger partial charge in [0.15, 0.2) is 5.15 Å². The van der Waals surface area contributed by atoms with Crippen LogP contribution in [0.25, 0.3) is 11.1 Å². The summed E-state index contributed by atoms with van der Waals surface area (Å²) in [6, 6.07) is 16.2. The Labute approximate surface area is 170 Å². The minimum Gasteiger partial charge on any atom is -0.313 e. The first-order valence-corrected chi connectivity index (χ1v) is 9.80. The summed E-state index contributed by atoms with van der Waals surface area (Å²) in [6.07, 6.45) is 3.00. The van der Waals surface area contributed by atoms with Gasteiger partial charge < -0.3 is 4.57 Å². The summed E-state index contributed by atoms with van der Waals surface area (Å²) in [6.45, 7) is 4.84. The molecule has 27 heavy (non-hydrogen) atoms. The predicted octanol–water partition coefficient (Wildman–Crippen LogP) is 6.43. The van der Waals surface area contributed by atoms with E-state index in [0.29, 0.717) is 22.4 Å². The van der Waals surface area contributed by atoms with Crippen LogP contribution in [0.4, 0.5) is 0 Å². The molecule has 138 valence electrons. The molecule has 0 N–H and O–H groups in total. The molecule has 3 nitrogen and oxygen atoms in total. The van der Waals surface area contributed by atoms with Crippen molar-refractivity contribution < 1.29 is 0 Å². The SMILES string of the molecule is CCCCc1nc(Cl)c(Cl)n1Cc1ccc(-c2ccccc2C#N)c(C)c1. The molecule has 2 aromatic carbocycles. The van der Waals surface area contributed by atoms with E-state index in [-0.39, 0.29) is 0 Å². The molecular weight excluding hydrogens is 377 g/mol. The highest BCUT2D eigenvalue weighted by Crippen LogP contribution is 2.29. The molecular formula is C22H21Cl2N3. The third-order valence-electron chi connectivity index (χ3n) is 4.67. The Morgan fingerprint density at radius 2 is 1.89 bits per heavy atom. The van der Waals surface area contributed by atoms with Gasteiger partial charge in [0.1, 0.15) is 11.0 Å². The average Bonchev–Trinajstić information content (AvgIpc) is 2.94. The van der Waals surface area contributed by atoms with Crippen LogP contribution in [0.1, 0.15) is 42.3 Å². The molecule has 0 atom stereocenters. The third-order valence-corrected chi connectivity index (χ3v) is 5.41. The van der Waals surface area contributed by atoms with Crippen molar-refractivity contribution in [2.24, 2.45) is 0 Å². The molecule has 0 fully saturated rings. The Morgan fingerprint density at radius 3 is 2.59 bits per heavy atom. The molecule has 1 heterocycles. The standard InChI is InChI=1S/C22H21Cl2N3/c1-3-4-9-20-26-21(23)22(24)27(20)14-16-10-11-18(15(2)12-16)19-8-6-5-7-17(19)13-25/h5-8,10-12H,3-4,9,14H2,1-2H3. The van der Waals surface area contributed by atoms with E-state index in [0.717, 1.165) is 47.3 Å². The highest BCUT2D eigenvalue weighted by Gasteiger charge is 2.15. The Morgan fingerprint density at radius 1 is 1.11 bits per heavy atom. The van der Waals surface area contributed by atoms with Gasteiger partial charge in [-0.05, 0) is 41.7 Å². The minimum absolute atomic E-state index is 0.360. The zero-order chi connectivity index (χ0) is 19.4. The summed E-state index contributed by atoms with van der Waals surface area (Å²) in [4.78, 5) is 4.41. The zero-order valence-corrected chi connectivity index (χ0v) is 17.0. The van der Waals surface area contributed by atoms with Gasteiger partial charge in [-0.1, -0.05) is 72.9 Å². The Hall–Kier alpha value is -2.28. The number of halogens is 2. The molecule has 0 aliphatic carbocycles. The second kappa shape index (κ2) is 8.61. The summed E-state index contributed by atoms with van der Waals surface area (Å²) >= 11 is 12.5. The van der Waals surface area contributed by atoms with Crippen LogP contribution in [0, 0.1) is 18.3 Å². The number of hydrogen-bond donors (Lipinski definition) is 0. The van der Waals surface area contributed by atoms with Crippen LogP contribution in [0.2, 0.25) is 10.3 Å². The van der Waals surface area contributed by atoms with Crippen molar-refractivity contribution in [3.05, 3.63) is 75.3 Å². The predicted molar refractivity (Wildman–Crippen MR) is 111 cm³/mol. The highest BCUT2D eigenvalue weighted by atomic mass is 35.5. The number of aryl methyl sites for hydroxylation is 2. The number of imidazole rings is 1. The topological polar surface area (TPSA) is 41.6 Å². The third kappa shape index (κ3) is 4.18. The molecule has 0 aliphatic rings. The maximum absolute atomic E-state index is 9.37. The molecule has 0 saturated heterocycles. The molecule has 3 aromatic rings. The normalized spacial score (nSPS) is 10.8. The Balaban J connectivity index is 1.93. The Bertz CT molecular complexity index is 999. The molecule has 0 saturated carbocycles. The van der Waals surface area contributed by atoms with Crippen molar-refractivity contribution >= 4 is 23.2 Å². The second-order valence-corrected chi connectivity index (χ2v) is 7.32. The van der Waals surface area contributed by atoms with Crippen molar-refractivity contribution in [3.63, 3.8) is 0 Å². The molecule has 3 rings (SSSR count). The van der Waals surface area contributed by atoms with E-state index in [9.17, 15) is 5.26 Å². The van der Waals surface area contributed by atoms with E-state index in [1.165, 1.54) is 0 Å². The summed E-state index contributed by atoms with van der Waals surface area (Å²) in [5.74, 6) is 0.920. The molecule has 0 aliphatic heterocycles. The molecule has 0 bridgehead atoms. The van der Waals surface area contributed by atoms with Crippen molar-refractivity contribution in [2.45, 2.75) is 39.7 Å². The van der Waals surface area contributed by atoms with Crippen LogP contribution >= 0.6 is 23.2 Å². The van der Waals surface area contributed by atoms with Gasteiger partial charge >= 0.3 is 0 Å². The van der Waals surface area contributed by atoms with Crippen molar-refractivity contribution in [1.82, 2.24) is 9.55 Å². The van der Waals surface area contributed by atoms with Crippen LogP contribution in [-0.2, 0) is 13.0 Å². The first-order chi connectivity index (χ1) is 13.0.